The van der Waals surface area contributed by atoms with Crippen LogP contribution in [0.5, 0.6) is 0 Å². The highest BCUT2D eigenvalue weighted by Gasteiger charge is 2.24. The lowest BCUT2D eigenvalue weighted by Gasteiger charge is -2.32. The standard InChI is InChI=1S/C25H32N6O2.HI/c1-3-33-25(32)30-14-12-21(13-15-30)29-24(26-2)27-16-19-8-10-20(11-9-19)17-31-18-28-22-6-4-5-7-23(22)31;/h4-11,18,21H,3,12-17H2,1-2H3,(H2,26,27,29);1H. The van der Waals surface area contributed by atoms with Gasteiger partial charge in [-0.15, -0.1) is 24.0 Å². The molecule has 0 radical (unpaired) electrons. The molecule has 0 bridgehead atoms. The number of hydrogen-bond acceptors (Lipinski definition) is 4. The second-order valence-electron chi connectivity index (χ2n) is 8.21. The third-order valence-corrected chi connectivity index (χ3v) is 5.95. The Morgan fingerprint density at radius 1 is 1.12 bits per heavy atom. The van der Waals surface area contributed by atoms with Crippen LogP contribution in [0.4, 0.5) is 4.79 Å². The van der Waals surface area contributed by atoms with Crippen molar-refractivity contribution in [3.8, 4) is 0 Å². The van der Waals surface area contributed by atoms with Crippen LogP contribution in [-0.4, -0.2) is 59.3 Å². The summed E-state index contributed by atoms with van der Waals surface area (Å²) < 4.78 is 7.26. The minimum absolute atomic E-state index is 0. The van der Waals surface area contributed by atoms with Crippen LogP contribution in [0.1, 0.15) is 30.9 Å². The second kappa shape index (κ2) is 12.6. The number of rotatable bonds is 6. The molecule has 0 aliphatic carbocycles. The van der Waals surface area contributed by atoms with Gasteiger partial charge in [-0.25, -0.2) is 9.78 Å². The van der Waals surface area contributed by atoms with Crippen LogP contribution >= 0.6 is 24.0 Å². The van der Waals surface area contributed by atoms with Crippen LogP contribution in [0.3, 0.4) is 0 Å². The van der Waals surface area contributed by atoms with Gasteiger partial charge in [-0.2, -0.15) is 0 Å². The average Bonchev–Trinajstić information content (AvgIpc) is 3.26. The number of nitrogens with one attached hydrogen (secondary N) is 2. The number of guanidine groups is 1. The minimum Gasteiger partial charge on any atom is -0.450 e. The molecular weight excluding hydrogens is 543 g/mol. The summed E-state index contributed by atoms with van der Waals surface area (Å²) in [6.07, 6.45) is 3.42. The monoisotopic (exact) mass is 576 g/mol. The number of piperidine rings is 1. The number of para-hydroxylation sites is 2. The molecule has 3 aromatic rings. The number of carbonyl (C=O) groups is 1. The summed E-state index contributed by atoms with van der Waals surface area (Å²) >= 11 is 0. The molecule has 2 aromatic carbocycles. The molecule has 4 rings (SSSR count). The lowest BCUT2D eigenvalue weighted by atomic mass is 10.1. The quantitative estimate of drug-likeness (QED) is 0.264. The maximum atomic E-state index is 11.9. The molecular formula is C25H33IN6O2. The number of amides is 1. The van der Waals surface area contributed by atoms with Gasteiger partial charge in [0.1, 0.15) is 0 Å². The van der Waals surface area contributed by atoms with Crippen molar-refractivity contribution in [2.45, 2.75) is 38.9 Å². The van der Waals surface area contributed by atoms with E-state index in [1.54, 1.807) is 11.9 Å². The number of aromatic nitrogens is 2. The zero-order chi connectivity index (χ0) is 23.0. The predicted octanol–water partition coefficient (Wildman–Crippen LogP) is 3.99. The fourth-order valence-electron chi connectivity index (χ4n) is 4.09. The number of halogens is 1. The van der Waals surface area contributed by atoms with Gasteiger partial charge < -0.3 is 24.8 Å². The SMILES string of the molecule is CCOC(=O)N1CCC(NC(=NC)NCc2ccc(Cn3cnc4ccccc43)cc2)CC1.I. The number of benzene rings is 2. The summed E-state index contributed by atoms with van der Waals surface area (Å²) in [4.78, 5) is 22.4. The van der Waals surface area contributed by atoms with E-state index in [1.165, 1.54) is 11.1 Å². The number of nitrogens with zero attached hydrogens (tertiary/aromatic N) is 4. The molecule has 2 N–H and O–H groups in total. The Morgan fingerprint density at radius 3 is 2.53 bits per heavy atom. The molecule has 0 saturated carbocycles. The molecule has 1 aliphatic rings. The fourth-order valence-corrected chi connectivity index (χ4v) is 4.09. The number of hydrogen-bond donors (Lipinski definition) is 2. The van der Waals surface area contributed by atoms with Crippen LogP contribution in [0.15, 0.2) is 59.9 Å². The zero-order valence-electron chi connectivity index (χ0n) is 19.7. The van der Waals surface area contributed by atoms with E-state index >= 15 is 0 Å². The molecule has 9 heteroatoms. The molecule has 0 unspecified atom stereocenters. The molecule has 1 amide bonds. The smallest absolute Gasteiger partial charge is 0.409 e. The molecule has 34 heavy (non-hydrogen) atoms. The normalized spacial score (nSPS) is 14.5. The van der Waals surface area contributed by atoms with Crippen molar-refractivity contribution in [1.82, 2.24) is 25.1 Å². The van der Waals surface area contributed by atoms with Gasteiger partial charge in [0.15, 0.2) is 5.96 Å². The van der Waals surface area contributed by atoms with Crippen molar-refractivity contribution in [3.05, 3.63) is 66.0 Å². The van der Waals surface area contributed by atoms with Crippen molar-refractivity contribution in [3.63, 3.8) is 0 Å². The minimum atomic E-state index is -0.219. The third kappa shape index (κ3) is 6.62. The molecule has 8 nitrogen and oxygen atoms in total. The summed E-state index contributed by atoms with van der Waals surface area (Å²) in [5.74, 6) is 0.776. The molecule has 0 atom stereocenters. The van der Waals surface area contributed by atoms with Crippen LogP contribution in [0, 0.1) is 0 Å². The number of imidazole rings is 1. The molecule has 182 valence electrons. The number of aliphatic imine (C=N–C) groups is 1. The predicted molar refractivity (Wildman–Crippen MR) is 146 cm³/mol. The summed E-state index contributed by atoms with van der Waals surface area (Å²) in [6, 6.07) is 17.1. The van der Waals surface area contributed by atoms with Gasteiger partial charge in [0.25, 0.3) is 0 Å². The van der Waals surface area contributed by atoms with Gasteiger partial charge in [-0.1, -0.05) is 36.4 Å². The van der Waals surface area contributed by atoms with Gasteiger partial charge in [0.05, 0.1) is 24.0 Å². The van der Waals surface area contributed by atoms with E-state index in [-0.39, 0.29) is 36.1 Å². The van der Waals surface area contributed by atoms with Crippen molar-refractivity contribution in [2.75, 3.05) is 26.7 Å². The van der Waals surface area contributed by atoms with Gasteiger partial charge >= 0.3 is 6.09 Å². The summed E-state index contributed by atoms with van der Waals surface area (Å²) in [6.45, 7) is 5.12. The third-order valence-electron chi connectivity index (χ3n) is 5.95. The average molecular weight is 576 g/mol. The van der Waals surface area contributed by atoms with Gasteiger partial charge in [-0.05, 0) is 43.0 Å². The first-order valence-electron chi connectivity index (χ1n) is 11.5. The molecule has 2 heterocycles. The first-order valence-corrected chi connectivity index (χ1v) is 11.5. The fraction of sp³-hybridized carbons (Fsp3) is 0.400. The van der Waals surface area contributed by atoms with Crippen molar-refractivity contribution < 1.29 is 9.53 Å². The number of likely N-dealkylation sites (tertiary alicyclic amines) is 1. The van der Waals surface area contributed by atoms with E-state index in [9.17, 15) is 4.79 Å². The molecule has 1 fully saturated rings. The van der Waals surface area contributed by atoms with E-state index in [0.717, 1.165) is 36.4 Å². The Balaban J connectivity index is 0.00000324. The van der Waals surface area contributed by atoms with Gasteiger partial charge in [-0.3, -0.25) is 4.99 Å². The van der Waals surface area contributed by atoms with Crippen molar-refractivity contribution in [2.24, 2.45) is 4.99 Å². The van der Waals surface area contributed by atoms with Crippen LogP contribution in [-0.2, 0) is 17.8 Å². The molecule has 1 saturated heterocycles. The summed E-state index contributed by atoms with van der Waals surface area (Å²) in [7, 11) is 1.78. The lowest BCUT2D eigenvalue weighted by molar-refractivity contribution is 0.0963. The Hall–Kier alpha value is -2.82. The first kappa shape index (κ1) is 25.8. The Morgan fingerprint density at radius 2 is 1.82 bits per heavy atom. The highest BCUT2D eigenvalue weighted by Crippen LogP contribution is 2.15. The van der Waals surface area contributed by atoms with Crippen molar-refractivity contribution in [1.29, 1.82) is 0 Å². The van der Waals surface area contributed by atoms with E-state index in [0.29, 0.717) is 26.2 Å². The Kier molecular flexibility index (Phi) is 9.55. The highest BCUT2D eigenvalue weighted by atomic mass is 127. The van der Waals surface area contributed by atoms with E-state index in [1.807, 2.05) is 31.5 Å². The Labute approximate surface area is 217 Å². The Bertz CT molecular complexity index is 1090. The van der Waals surface area contributed by atoms with Crippen LogP contribution in [0.2, 0.25) is 0 Å². The van der Waals surface area contributed by atoms with E-state index in [4.69, 9.17) is 4.74 Å². The second-order valence-corrected chi connectivity index (χ2v) is 8.21. The lowest BCUT2D eigenvalue weighted by Crippen LogP contribution is -2.49. The topological polar surface area (TPSA) is 83.8 Å². The van der Waals surface area contributed by atoms with Crippen LogP contribution < -0.4 is 10.6 Å². The molecule has 1 aliphatic heterocycles. The zero-order valence-corrected chi connectivity index (χ0v) is 22.1. The maximum absolute atomic E-state index is 11.9. The van der Waals surface area contributed by atoms with Crippen LogP contribution in [0.25, 0.3) is 11.0 Å². The summed E-state index contributed by atoms with van der Waals surface area (Å²) in [5.41, 5.74) is 4.59. The highest BCUT2D eigenvalue weighted by molar-refractivity contribution is 14.0. The maximum Gasteiger partial charge on any atom is 0.409 e. The molecule has 0 spiro atoms. The van der Waals surface area contributed by atoms with Gasteiger partial charge in [0.2, 0.25) is 0 Å². The van der Waals surface area contributed by atoms with E-state index < -0.39 is 0 Å². The number of ether oxygens (including phenoxy) is 1. The number of fused-ring (bicyclic) bond motifs is 1. The number of carbonyl (C=O) groups excluding carboxylic acids is 1. The summed E-state index contributed by atoms with van der Waals surface area (Å²) in [5, 5.41) is 6.87. The largest absolute Gasteiger partial charge is 0.450 e. The first-order chi connectivity index (χ1) is 16.2. The van der Waals surface area contributed by atoms with Crippen molar-refractivity contribution >= 4 is 47.1 Å². The van der Waals surface area contributed by atoms with Gasteiger partial charge in [0, 0.05) is 39.3 Å². The molecule has 1 aromatic heterocycles. The van der Waals surface area contributed by atoms with E-state index in [2.05, 4.69) is 55.5 Å².